The van der Waals surface area contributed by atoms with Crippen LogP contribution in [0.2, 0.25) is 5.02 Å². The van der Waals surface area contributed by atoms with E-state index in [4.69, 9.17) is 11.6 Å². The largest absolute Gasteiger partial charge is 0.349 e. The molecule has 5 rings (SSSR count). The van der Waals surface area contributed by atoms with Crippen LogP contribution in [0.5, 0.6) is 0 Å². The number of hydrogen-bond acceptors (Lipinski definition) is 7. The van der Waals surface area contributed by atoms with Gasteiger partial charge in [0.15, 0.2) is 5.01 Å². The highest BCUT2D eigenvalue weighted by Gasteiger charge is 2.37. The van der Waals surface area contributed by atoms with Crippen molar-refractivity contribution >= 4 is 64.0 Å². The van der Waals surface area contributed by atoms with Crippen molar-refractivity contribution in [1.82, 2.24) is 30.4 Å². The molecule has 2 aliphatic rings. The number of nitrogens with zero attached hydrogens (tertiary/aromatic N) is 4. The van der Waals surface area contributed by atoms with E-state index in [9.17, 15) is 14.4 Å². The number of pyridine rings is 1. The Bertz CT molecular complexity index is 1400. The molecule has 0 bridgehead atoms. The number of carbonyl (C=O) groups excluding carboxylic acids is 3. The number of fused-ring (bicyclic) bond motifs is 2. The first-order valence-electron chi connectivity index (χ1n) is 12.7. The molecule has 1 aliphatic carbocycles. The van der Waals surface area contributed by atoms with E-state index in [1.165, 1.54) is 11.3 Å². The average Bonchev–Trinajstić information content (AvgIpc) is 3.32. The number of aromatic nitrogens is 2. The summed E-state index contributed by atoms with van der Waals surface area (Å²) >= 11 is 7.48. The molecule has 1 aliphatic heterocycles. The van der Waals surface area contributed by atoms with Crippen molar-refractivity contribution in [3.63, 3.8) is 0 Å². The van der Waals surface area contributed by atoms with Crippen LogP contribution < -0.4 is 10.6 Å². The lowest BCUT2D eigenvalue weighted by Crippen LogP contribution is -2.56. The van der Waals surface area contributed by atoms with Crippen LogP contribution in [0.15, 0.2) is 30.3 Å². The lowest BCUT2D eigenvalue weighted by atomic mass is 9.81. The number of amides is 3. The fourth-order valence-electron chi connectivity index (χ4n) is 5.21. The minimum atomic E-state index is -0.419. The summed E-state index contributed by atoms with van der Waals surface area (Å²) in [7, 11) is 5.53. The van der Waals surface area contributed by atoms with Crippen molar-refractivity contribution in [2.24, 2.45) is 5.92 Å². The van der Waals surface area contributed by atoms with Gasteiger partial charge in [0.05, 0.1) is 17.3 Å². The fraction of sp³-hybridized carbons (Fsp3) is 0.444. The van der Waals surface area contributed by atoms with Gasteiger partial charge in [-0.15, -0.1) is 23.7 Å². The maximum Gasteiger partial charge on any atom is 0.280 e. The summed E-state index contributed by atoms with van der Waals surface area (Å²) in [6, 6.07) is 8.03. The van der Waals surface area contributed by atoms with E-state index >= 15 is 0 Å². The molecule has 0 spiro atoms. The third-order valence-corrected chi connectivity index (χ3v) is 8.59. The second kappa shape index (κ2) is 12.2. The number of rotatable bonds is 5. The van der Waals surface area contributed by atoms with E-state index in [2.05, 4.69) is 32.5 Å². The minimum absolute atomic E-state index is 0. The fourth-order valence-corrected chi connectivity index (χ4v) is 6.48. The van der Waals surface area contributed by atoms with Gasteiger partial charge in [0.25, 0.3) is 11.8 Å². The zero-order chi connectivity index (χ0) is 27.0. The van der Waals surface area contributed by atoms with E-state index in [1.54, 1.807) is 43.3 Å². The third kappa shape index (κ3) is 6.51. The second-order valence-corrected chi connectivity index (χ2v) is 11.8. The number of nitrogens with one attached hydrogen (secondary N) is 2. The predicted octanol–water partition coefficient (Wildman–Crippen LogP) is 3.54. The average molecular weight is 592 g/mol. The van der Waals surface area contributed by atoms with Gasteiger partial charge in [-0.1, -0.05) is 17.7 Å². The zero-order valence-electron chi connectivity index (χ0n) is 22.1. The van der Waals surface area contributed by atoms with Crippen molar-refractivity contribution in [3.8, 4) is 0 Å². The van der Waals surface area contributed by atoms with Crippen LogP contribution in [-0.4, -0.2) is 77.3 Å². The Labute approximate surface area is 242 Å². The van der Waals surface area contributed by atoms with Gasteiger partial charge >= 0.3 is 0 Å². The predicted molar refractivity (Wildman–Crippen MR) is 155 cm³/mol. The van der Waals surface area contributed by atoms with Crippen LogP contribution in [0, 0.1) is 5.92 Å². The second-order valence-electron chi connectivity index (χ2n) is 10.3. The topological polar surface area (TPSA) is 108 Å². The maximum absolute atomic E-state index is 13.3. The van der Waals surface area contributed by atoms with Gasteiger partial charge in [0.2, 0.25) is 5.91 Å². The van der Waals surface area contributed by atoms with Crippen LogP contribution in [-0.2, 0) is 17.8 Å². The Morgan fingerprint density at radius 3 is 2.59 bits per heavy atom. The van der Waals surface area contributed by atoms with E-state index in [0.29, 0.717) is 34.8 Å². The van der Waals surface area contributed by atoms with Crippen molar-refractivity contribution in [2.75, 3.05) is 27.7 Å². The van der Waals surface area contributed by atoms with Gasteiger partial charge in [0.1, 0.15) is 5.69 Å². The first-order chi connectivity index (χ1) is 18.2. The molecule has 1 saturated carbocycles. The highest BCUT2D eigenvalue weighted by atomic mass is 35.5. The highest BCUT2D eigenvalue weighted by Crippen LogP contribution is 2.29. The molecule has 1 aromatic carbocycles. The van der Waals surface area contributed by atoms with Crippen LogP contribution in [0.3, 0.4) is 0 Å². The zero-order valence-corrected chi connectivity index (χ0v) is 24.5. The van der Waals surface area contributed by atoms with Gasteiger partial charge in [-0.3, -0.25) is 14.4 Å². The van der Waals surface area contributed by atoms with Crippen LogP contribution >= 0.6 is 35.3 Å². The van der Waals surface area contributed by atoms with E-state index < -0.39 is 6.04 Å². The summed E-state index contributed by atoms with van der Waals surface area (Å²) in [6.07, 6.45) is 2.44. The Morgan fingerprint density at radius 2 is 1.82 bits per heavy atom. The lowest BCUT2D eigenvalue weighted by Gasteiger charge is -2.37. The minimum Gasteiger partial charge on any atom is -0.349 e. The SMILES string of the molecule is CN1CCc2nc(C(=O)N[C@H]3C[C@@H](C(=O)N(C)C)CC[C@@H]3NC(=O)c3ccc4cc(Cl)ccc4n3)sc2C1.Cl. The highest BCUT2D eigenvalue weighted by molar-refractivity contribution is 7.13. The maximum atomic E-state index is 13.3. The van der Waals surface area contributed by atoms with E-state index in [-0.39, 0.29) is 47.8 Å². The number of benzene rings is 1. The molecule has 12 heteroatoms. The number of thiazole rings is 1. The molecule has 3 amide bonds. The summed E-state index contributed by atoms with van der Waals surface area (Å²) in [5.74, 6) is -0.798. The van der Waals surface area contributed by atoms with Crippen molar-refractivity contribution in [3.05, 3.63) is 56.6 Å². The molecule has 0 unspecified atom stereocenters. The molecule has 3 heterocycles. The van der Waals surface area contributed by atoms with Crippen LogP contribution in [0.25, 0.3) is 10.9 Å². The van der Waals surface area contributed by atoms with Crippen molar-refractivity contribution < 1.29 is 14.4 Å². The quantitative estimate of drug-likeness (QED) is 0.470. The molecule has 208 valence electrons. The van der Waals surface area contributed by atoms with Crippen molar-refractivity contribution in [1.29, 1.82) is 0 Å². The Hall–Kier alpha value is -2.79. The van der Waals surface area contributed by atoms with Crippen LogP contribution in [0.4, 0.5) is 0 Å². The first kappa shape index (κ1) is 29.2. The monoisotopic (exact) mass is 590 g/mol. The van der Waals surface area contributed by atoms with Gasteiger partial charge in [-0.25, -0.2) is 9.97 Å². The summed E-state index contributed by atoms with van der Waals surface area (Å²) < 4.78 is 0. The standard InChI is InChI=1S/C27H31ClN6O3S.ClH/c1-33(2)27(37)16-5-7-19(30-24(35)21-8-4-15-12-17(28)6-9-18(15)29-21)22(13-16)31-25(36)26-32-20-10-11-34(3)14-23(20)38-26;/h4,6,8-9,12,16,19,22H,5,7,10-11,13-14H2,1-3H3,(H,30,35)(H,31,36);1H/t16-,19-,22-;/m0./s1. The summed E-state index contributed by atoms with van der Waals surface area (Å²) in [5, 5.41) is 8.04. The molecule has 3 aromatic rings. The van der Waals surface area contributed by atoms with E-state index in [0.717, 1.165) is 35.5 Å². The molecule has 2 aromatic heterocycles. The molecule has 0 saturated heterocycles. The Kier molecular flexibility index (Phi) is 9.10. The lowest BCUT2D eigenvalue weighted by molar-refractivity contribution is -0.134. The summed E-state index contributed by atoms with van der Waals surface area (Å²) in [5.41, 5.74) is 1.94. The first-order valence-corrected chi connectivity index (χ1v) is 13.9. The summed E-state index contributed by atoms with van der Waals surface area (Å²) in [6.45, 7) is 1.70. The molecule has 1 fully saturated rings. The van der Waals surface area contributed by atoms with Gasteiger partial charge < -0.3 is 20.4 Å². The Balaban J connectivity index is 0.00000353. The number of carbonyl (C=O) groups is 3. The normalized spacial score (nSPS) is 21.0. The van der Waals surface area contributed by atoms with Gasteiger partial charge in [0, 0.05) is 60.9 Å². The number of halogens is 2. The molecule has 3 atom stereocenters. The van der Waals surface area contributed by atoms with Gasteiger partial charge in [-0.05, 0) is 50.6 Å². The number of likely N-dealkylation sites (N-methyl/N-ethyl adjacent to an activating group) is 1. The molecule has 39 heavy (non-hydrogen) atoms. The molecular formula is C27H32Cl2N6O3S. The van der Waals surface area contributed by atoms with E-state index in [1.807, 2.05) is 6.07 Å². The molecular weight excluding hydrogens is 559 g/mol. The third-order valence-electron chi connectivity index (χ3n) is 7.27. The van der Waals surface area contributed by atoms with Crippen molar-refractivity contribution in [2.45, 2.75) is 44.3 Å². The molecule has 2 N–H and O–H groups in total. The number of hydrogen-bond donors (Lipinski definition) is 2. The Morgan fingerprint density at radius 1 is 1.05 bits per heavy atom. The molecule has 9 nitrogen and oxygen atoms in total. The summed E-state index contributed by atoms with van der Waals surface area (Å²) in [4.78, 5) is 53.3. The van der Waals surface area contributed by atoms with Crippen LogP contribution in [0.1, 0.15) is 50.1 Å². The molecule has 0 radical (unpaired) electrons. The smallest absolute Gasteiger partial charge is 0.280 e. The van der Waals surface area contributed by atoms with Gasteiger partial charge in [-0.2, -0.15) is 0 Å².